The lowest BCUT2D eigenvalue weighted by Gasteiger charge is -2.23. The zero-order chi connectivity index (χ0) is 31.9. The van der Waals surface area contributed by atoms with Crippen LogP contribution in [-0.4, -0.2) is 67.4 Å². The molecule has 44 heavy (non-hydrogen) atoms. The van der Waals surface area contributed by atoms with Crippen molar-refractivity contribution < 1.29 is 44.9 Å². The summed E-state index contributed by atoms with van der Waals surface area (Å²) < 4.78 is 5.35. The van der Waals surface area contributed by atoms with E-state index in [2.05, 4.69) is 10.2 Å². The van der Waals surface area contributed by atoms with Crippen LogP contribution in [-0.2, 0) is 27.5 Å². The van der Waals surface area contributed by atoms with Gasteiger partial charge in [0.05, 0.1) is 23.7 Å². The molecule has 0 aromatic heterocycles. The zero-order valence-electron chi connectivity index (χ0n) is 25.2. The van der Waals surface area contributed by atoms with Gasteiger partial charge in [-0.3, -0.25) is 15.2 Å². The maximum atomic E-state index is 12.5. The van der Waals surface area contributed by atoms with E-state index < -0.39 is 35.7 Å². The van der Waals surface area contributed by atoms with Gasteiger partial charge in [0.25, 0.3) is 0 Å². The van der Waals surface area contributed by atoms with Crippen LogP contribution in [0.4, 0.5) is 0 Å². The minimum absolute atomic E-state index is 0.0772. The van der Waals surface area contributed by atoms with Crippen molar-refractivity contribution in [3.05, 3.63) is 77.9 Å². The van der Waals surface area contributed by atoms with Crippen molar-refractivity contribution in [2.24, 2.45) is 11.8 Å². The average Bonchev–Trinajstić information content (AvgIpc) is 3.27. The molecule has 0 heterocycles. The molecule has 1 saturated carbocycles. The molecule has 0 aliphatic heterocycles. The quantitative estimate of drug-likeness (QED) is 0.0477. The van der Waals surface area contributed by atoms with Gasteiger partial charge in [-0.25, -0.2) is 9.63 Å². The normalized spacial score (nSPS) is 21.4. The molecule has 1 amide bonds. The number of amides is 1. The molecule has 0 saturated heterocycles. The number of rotatable bonds is 18. The first-order chi connectivity index (χ1) is 21.1. The molecule has 1 aliphatic carbocycles. The highest BCUT2D eigenvalue weighted by molar-refractivity contribution is 5.85. The molecule has 1 unspecified atom stereocenters. The summed E-state index contributed by atoms with van der Waals surface area (Å²) in [5.41, 5.74) is 1.59. The third kappa shape index (κ3) is 12.1. The van der Waals surface area contributed by atoms with Crippen LogP contribution < -0.4 is 10.1 Å². The van der Waals surface area contributed by atoms with Crippen LogP contribution in [0.5, 0.6) is 5.75 Å². The van der Waals surface area contributed by atoms with Crippen molar-refractivity contribution in [2.75, 3.05) is 0 Å². The molecule has 2 aromatic rings. The molecule has 3 rings (SSSR count). The Balaban J connectivity index is 1.34. The van der Waals surface area contributed by atoms with Crippen molar-refractivity contribution in [3.63, 3.8) is 0 Å². The highest BCUT2D eigenvalue weighted by Gasteiger charge is 2.40. The summed E-state index contributed by atoms with van der Waals surface area (Å²) in [6, 6.07) is 15.6. The van der Waals surface area contributed by atoms with Gasteiger partial charge in [-0.1, -0.05) is 60.7 Å². The van der Waals surface area contributed by atoms with Crippen molar-refractivity contribution in [2.45, 2.75) is 95.7 Å². The van der Waals surface area contributed by atoms with Crippen LogP contribution in [0.2, 0.25) is 0 Å². The number of carbonyl (C=O) groups excluding carboxylic acids is 2. The second kappa shape index (κ2) is 18.6. The fraction of sp³-hybridized carbons (Fsp3) is 0.515. The fourth-order valence-electron chi connectivity index (χ4n) is 5.58. The minimum atomic E-state index is -0.900. The summed E-state index contributed by atoms with van der Waals surface area (Å²) >= 11 is 0. The molecular formula is C33H46N2O9. The largest absolute Gasteiger partial charge is 0.425 e. The Morgan fingerprint density at radius 2 is 1.70 bits per heavy atom. The topological polar surface area (TPSA) is 169 Å². The van der Waals surface area contributed by atoms with E-state index in [1.165, 1.54) is 18.6 Å². The van der Waals surface area contributed by atoms with Crippen LogP contribution in [0, 0.1) is 11.8 Å². The van der Waals surface area contributed by atoms with Gasteiger partial charge in [0, 0.05) is 12.0 Å². The van der Waals surface area contributed by atoms with E-state index in [1.54, 1.807) is 18.2 Å². The second-order valence-corrected chi connectivity index (χ2v) is 11.4. The lowest BCUT2D eigenvalue weighted by Crippen LogP contribution is -2.40. The predicted molar refractivity (Wildman–Crippen MR) is 161 cm³/mol. The number of ether oxygens (including phenoxy) is 1. The SMILES string of the molecule is CC(NC(=O)CCC/C=C\C[C@@H]1[C@@H](CC[C@@H](O)CCc2ccccc2)[C@H](O)C[C@@H]1O)C(=O)Oc1ccccc1CON(O)O. The number of hydrogen-bond acceptors (Lipinski definition) is 10. The van der Waals surface area contributed by atoms with Crippen molar-refractivity contribution in [1.82, 2.24) is 10.7 Å². The van der Waals surface area contributed by atoms with E-state index in [9.17, 15) is 24.9 Å². The van der Waals surface area contributed by atoms with Crippen molar-refractivity contribution >= 4 is 11.9 Å². The molecule has 1 fully saturated rings. The van der Waals surface area contributed by atoms with Gasteiger partial charge in [0.1, 0.15) is 18.4 Å². The van der Waals surface area contributed by atoms with Gasteiger partial charge in [-0.05, 0) is 81.8 Å². The predicted octanol–water partition coefficient (Wildman–Crippen LogP) is 3.86. The maximum Gasteiger partial charge on any atom is 0.333 e. The Hall–Kier alpha value is -3.16. The van der Waals surface area contributed by atoms with E-state index in [4.69, 9.17) is 15.2 Å². The zero-order valence-corrected chi connectivity index (χ0v) is 25.2. The van der Waals surface area contributed by atoms with Crippen LogP contribution in [0.1, 0.15) is 69.4 Å². The Morgan fingerprint density at radius 3 is 2.45 bits per heavy atom. The Kier molecular flexibility index (Phi) is 14.9. The molecule has 0 spiro atoms. The highest BCUT2D eigenvalue weighted by atomic mass is 17.1. The summed E-state index contributed by atoms with van der Waals surface area (Å²) in [6.45, 7) is 1.27. The molecule has 6 atom stereocenters. The number of carbonyl (C=O) groups is 2. The van der Waals surface area contributed by atoms with Crippen molar-refractivity contribution in [3.8, 4) is 5.75 Å². The van der Waals surface area contributed by atoms with E-state index in [0.29, 0.717) is 50.5 Å². The Labute approximate surface area is 258 Å². The van der Waals surface area contributed by atoms with Gasteiger partial charge < -0.3 is 25.4 Å². The van der Waals surface area contributed by atoms with Crippen LogP contribution in [0.15, 0.2) is 66.7 Å². The molecule has 1 aliphatic rings. The summed E-state index contributed by atoms with van der Waals surface area (Å²) in [6.07, 6.45) is 7.37. The molecular weight excluding hydrogens is 568 g/mol. The smallest absolute Gasteiger partial charge is 0.333 e. The number of benzene rings is 2. The highest BCUT2D eigenvalue weighted by Crippen LogP contribution is 2.38. The lowest BCUT2D eigenvalue weighted by atomic mass is 9.85. The third-order valence-electron chi connectivity index (χ3n) is 8.06. The Morgan fingerprint density at radius 1 is 1.00 bits per heavy atom. The second-order valence-electron chi connectivity index (χ2n) is 11.4. The van der Waals surface area contributed by atoms with Gasteiger partial charge >= 0.3 is 5.97 Å². The first-order valence-electron chi connectivity index (χ1n) is 15.3. The molecule has 2 aromatic carbocycles. The number of aliphatic hydroxyl groups is 3. The Bertz CT molecular complexity index is 1180. The number of hydrogen-bond donors (Lipinski definition) is 6. The van der Waals surface area contributed by atoms with E-state index in [1.807, 2.05) is 42.5 Å². The molecule has 0 radical (unpaired) electrons. The van der Waals surface area contributed by atoms with Crippen molar-refractivity contribution in [1.29, 1.82) is 0 Å². The fourth-order valence-corrected chi connectivity index (χ4v) is 5.58. The lowest BCUT2D eigenvalue weighted by molar-refractivity contribution is -0.497. The number of nitrogens with zero attached hydrogens (tertiary/aromatic N) is 1. The van der Waals surface area contributed by atoms with Crippen LogP contribution in [0.25, 0.3) is 0 Å². The van der Waals surface area contributed by atoms with Gasteiger partial charge in [-0.2, -0.15) is 0 Å². The monoisotopic (exact) mass is 614 g/mol. The first-order valence-corrected chi connectivity index (χ1v) is 15.3. The standard InChI is InChI=1S/C33H46N2O9/c1-23(33(40)44-31-15-10-9-13-25(31)22-43-35(41)42)34-32(39)16-8-3-2-7-14-27-28(30(38)21-29(27)37)20-19-26(36)18-17-24-11-5-4-6-12-24/h2,4-7,9-13,15,23,26-30,36-38,41-42H,3,8,14,16-22H2,1H3,(H,34,39)/b7-2-/t23?,26-,27+,28+,29-,30+/m0/s1. The number of unbranched alkanes of at least 4 members (excludes halogenated alkanes) is 1. The maximum absolute atomic E-state index is 12.5. The average molecular weight is 615 g/mol. The number of allylic oxidation sites excluding steroid dienone is 2. The van der Waals surface area contributed by atoms with Crippen LogP contribution >= 0.6 is 0 Å². The van der Waals surface area contributed by atoms with E-state index in [0.717, 1.165) is 6.42 Å². The third-order valence-corrected chi connectivity index (χ3v) is 8.06. The number of aliphatic hydroxyl groups excluding tert-OH is 3. The molecule has 242 valence electrons. The van der Waals surface area contributed by atoms with E-state index >= 15 is 0 Å². The summed E-state index contributed by atoms with van der Waals surface area (Å²) in [7, 11) is 0. The number of esters is 1. The number of aryl methyl sites for hydroxylation is 1. The summed E-state index contributed by atoms with van der Waals surface area (Å²) in [5.74, 6) is -0.957. The molecule has 0 bridgehead atoms. The first kappa shape index (κ1) is 35.3. The summed E-state index contributed by atoms with van der Waals surface area (Å²) in [5, 5.41) is 51.2. The van der Waals surface area contributed by atoms with Gasteiger partial charge in [-0.15, -0.1) is 0 Å². The molecule has 6 N–H and O–H groups in total. The van der Waals surface area contributed by atoms with E-state index in [-0.39, 0.29) is 36.5 Å². The van der Waals surface area contributed by atoms with Gasteiger partial charge in [0.2, 0.25) is 5.91 Å². The van der Waals surface area contributed by atoms with Gasteiger partial charge in [0.15, 0.2) is 0 Å². The molecule has 11 nitrogen and oxygen atoms in total. The minimum Gasteiger partial charge on any atom is -0.425 e. The number of nitrogens with one attached hydrogen (secondary N) is 1. The molecule has 11 heteroatoms. The van der Waals surface area contributed by atoms with Crippen LogP contribution in [0.3, 0.4) is 0 Å². The number of para-hydroxylation sites is 1. The summed E-state index contributed by atoms with van der Waals surface area (Å²) in [4.78, 5) is 29.4.